The van der Waals surface area contributed by atoms with E-state index in [9.17, 15) is 4.79 Å². The average Bonchev–Trinajstić information content (AvgIpc) is 2.44. The summed E-state index contributed by atoms with van der Waals surface area (Å²) in [6.45, 7) is 6.03. The summed E-state index contributed by atoms with van der Waals surface area (Å²) in [5, 5.41) is 2.98. The molecule has 1 N–H and O–H groups in total. The Morgan fingerprint density at radius 3 is 2.52 bits per heavy atom. The van der Waals surface area contributed by atoms with E-state index in [0.29, 0.717) is 6.42 Å². The van der Waals surface area contributed by atoms with Gasteiger partial charge in [-0.15, -0.1) is 0 Å². The Balaban J connectivity index is 2.08. The Morgan fingerprint density at radius 1 is 1.10 bits per heavy atom. The minimum Gasteiger partial charge on any atom is -0.496 e. The monoisotopic (exact) mass is 283 g/mol. The lowest BCUT2D eigenvalue weighted by atomic mass is 10.1. The molecule has 0 saturated carbocycles. The molecule has 2 rings (SSSR count). The maximum atomic E-state index is 12.2. The van der Waals surface area contributed by atoms with Gasteiger partial charge < -0.3 is 10.1 Å². The standard InChI is InChI=1S/C18H21NO2/c1-12-6-5-7-16(14(12)3)19-18(20)11-15-8-9-17(21-4)13(2)10-15/h5-10H,11H2,1-4H3,(H,19,20). The van der Waals surface area contributed by atoms with Crippen molar-refractivity contribution in [2.45, 2.75) is 27.2 Å². The van der Waals surface area contributed by atoms with Crippen LogP contribution < -0.4 is 10.1 Å². The van der Waals surface area contributed by atoms with Crippen molar-refractivity contribution >= 4 is 11.6 Å². The van der Waals surface area contributed by atoms with E-state index < -0.39 is 0 Å². The molecule has 0 bridgehead atoms. The van der Waals surface area contributed by atoms with Crippen molar-refractivity contribution in [2.75, 3.05) is 12.4 Å². The second-order valence-corrected chi connectivity index (χ2v) is 5.28. The molecule has 110 valence electrons. The molecule has 0 unspecified atom stereocenters. The number of carbonyl (C=O) groups is 1. The van der Waals surface area contributed by atoms with Crippen molar-refractivity contribution in [2.24, 2.45) is 0 Å². The molecule has 0 heterocycles. The number of methoxy groups -OCH3 is 1. The molecule has 3 heteroatoms. The summed E-state index contributed by atoms with van der Waals surface area (Å²) < 4.78 is 5.23. The van der Waals surface area contributed by atoms with E-state index in [4.69, 9.17) is 4.74 Å². The third-order valence-electron chi connectivity index (χ3n) is 3.70. The molecule has 0 aromatic heterocycles. The zero-order valence-corrected chi connectivity index (χ0v) is 13.0. The zero-order valence-electron chi connectivity index (χ0n) is 13.0. The average molecular weight is 283 g/mol. The van der Waals surface area contributed by atoms with Gasteiger partial charge in [0.15, 0.2) is 0 Å². The van der Waals surface area contributed by atoms with Crippen LogP contribution in [0.3, 0.4) is 0 Å². The van der Waals surface area contributed by atoms with Crippen LogP contribution in [0.1, 0.15) is 22.3 Å². The van der Waals surface area contributed by atoms with E-state index in [0.717, 1.165) is 28.1 Å². The van der Waals surface area contributed by atoms with Gasteiger partial charge in [0.1, 0.15) is 5.75 Å². The third-order valence-corrected chi connectivity index (χ3v) is 3.70. The van der Waals surface area contributed by atoms with E-state index in [1.807, 2.05) is 57.2 Å². The Labute approximate surface area is 126 Å². The van der Waals surface area contributed by atoms with Gasteiger partial charge in [-0.1, -0.05) is 24.3 Å². The maximum Gasteiger partial charge on any atom is 0.228 e. The zero-order chi connectivity index (χ0) is 15.4. The van der Waals surface area contributed by atoms with Gasteiger partial charge in [0.25, 0.3) is 0 Å². The van der Waals surface area contributed by atoms with E-state index in [1.165, 1.54) is 5.56 Å². The van der Waals surface area contributed by atoms with Crippen LogP contribution in [0.5, 0.6) is 5.75 Å². The molecule has 0 aliphatic heterocycles. The minimum absolute atomic E-state index is 0.00623. The predicted octanol–water partition coefficient (Wildman–Crippen LogP) is 3.80. The first-order chi connectivity index (χ1) is 10.0. The number of amides is 1. The minimum atomic E-state index is -0.00623. The molecule has 0 aliphatic carbocycles. The van der Waals surface area contributed by atoms with Gasteiger partial charge in [-0.05, 0) is 55.2 Å². The number of anilines is 1. The Hall–Kier alpha value is -2.29. The number of benzene rings is 2. The summed E-state index contributed by atoms with van der Waals surface area (Å²) in [5.74, 6) is 0.835. The quantitative estimate of drug-likeness (QED) is 0.926. The lowest BCUT2D eigenvalue weighted by Crippen LogP contribution is -2.15. The highest BCUT2D eigenvalue weighted by Crippen LogP contribution is 2.20. The summed E-state index contributed by atoms with van der Waals surface area (Å²) in [4.78, 5) is 12.2. The smallest absolute Gasteiger partial charge is 0.228 e. The van der Waals surface area contributed by atoms with Crippen LogP contribution in [-0.4, -0.2) is 13.0 Å². The Morgan fingerprint density at radius 2 is 1.86 bits per heavy atom. The van der Waals surface area contributed by atoms with Crippen LogP contribution in [0.2, 0.25) is 0 Å². The lowest BCUT2D eigenvalue weighted by Gasteiger charge is -2.11. The van der Waals surface area contributed by atoms with Crippen LogP contribution in [0, 0.1) is 20.8 Å². The molecule has 0 radical (unpaired) electrons. The Kier molecular flexibility index (Phi) is 4.63. The molecule has 2 aromatic carbocycles. The topological polar surface area (TPSA) is 38.3 Å². The van der Waals surface area contributed by atoms with Crippen molar-refractivity contribution in [1.29, 1.82) is 0 Å². The highest BCUT2D eigenvalue weighted by Gasteiger charge is 2.08. The number of carbonyl (C=O) groups excluding carboxylic acids is 1. The SMILES string of the molecule is COc1ccc(CC(=O)Nc2cccc(C)c2C)cc1C. The number of hydrogen-bond donors (Lipinski definition) is 1. The number of rotatable bonds is 4. The number of ether oxygens (including phenoxy) is 1. The van der Waals surface area contributed by atoms with Crippen LogP contribution in [0.25, 0.3) is 0 Å². The van der Waals surface area contributed by atoms with Gasteiger partial charge in [0.2, 0.25) is 5.91 Å². The molecule has 0 fully saturated rings. The molecular formula is C18H21NO2. The van der Waals surface area contributed by atoms with Crippen LogP contribution in [-0.2, 0) is 11.2 Å². The van der Waals surface area contributed by atoms with Crippen molar-refractivity contribution in [1.82, 2.24) is 0 Å². The molecule has 0 atom stereocenters. The second-order valence-electron chi connectivity index (χ2n) is 5.28. The Bertz CT molecular complexity index is 662. The first kappa shape index (κ1) is 15.1. The fourth-order valence-corrected chi connectivity index (χ4v) is 2.32. The van der Waals surface area contributed by atoms with E-state index >= 15 is 0 Å². The van der Waals surface area contributed by atoms with Crippen LogP contribution >= 0.6 is 0 Å². The molecule has 21 heavy (non-hydrogen) atoms. The first-order valence-corrected chi connectivity index (χ1v) is 7.01. The summed E-state index contributed by atoms with van der Waals surface area (Å²) in [7, 11) is 1.65. The second kappa shape index (κ2) is 6.44. The first-order valence-electron chi connectivity index (χ1n) is 7.01. The van der Waals surface area contributed by atoms with Crippen LogP contribution in [0.4, 0.5) is 5.69 Å². The molecule has 3 nitrogen and oxygen atoms in total. The molecule has 0 spiro atoms. The molecule has 0 saturated heterocycles. The van der Waals surface area contributed by atoms with Gasteiger partial charge >= 0.3 is 0 Å². The summed E-state index contributed by atoms with van der Waals surface area (Å²) >= 11 is 0. The van der Waals surface area contributed by atoms with Gasteiger partial charge in [-0.25, -0.2) is 0 Å². The molecule has 1 amide bonds. The van der Waals surface area contributed by atoms with Crippen molar-refractivity contribution in [3.63, 3.8) is 0 Å². The van der Waals surface area contributed by atoms with Gasteiger partial charge in [0.05, 0.1) is 13.5 Å². The third kappa shape index (κ3) is 3.63. The fraction of sp³-hybridized carbons (Fsp3) is 0.278. The highest BCUT2D eigenvalue weighted by molar-refractivity contribution is 5.93. The maximum absolute atomic E-state index is 12.2. The lowest BCUT2D eigenvalue weighted by molar-refractivity contribution is -0.115. The largest absolute Gasteiger partial charge is 0.496 e. The predicted molar refractivity (Wildman–Crippen MR) is 86.0 cm³/mol. The van der Waals surface area contributed by atoms with Crippen molar-refractivity contribution in [3.8, 4) is 5.75 Å². The highest BCUT2D eigenvalue weighted by atomic mass is 16.5. The van der Waals surface area contributed by atoms with E-state index in [-0.39, 0.29) is 5.91 Å². The summed E-state index contributed by atoms with van der Waals surface area (Å²) in [6.07, 6.45) is 0.359. The van der Waals surface area contributed by atoms with Gasteiger partial charge in [-0.3, -0.25) is 4.79 Å². The summed E-state index contributed by atoms with van der Waals surface area (Å²) in [6, 6.07) is 11.7. The number of aryl methyl sites for hydroxylation is 2. The summed E-state index contributed by atoms with van der Waals surface area (Å²) in [5.41, 5.74) is 5.18. The number of nitrogens with one attached hydrogen (secondary N) is 1. The van der Waals surface area contributed by atoms with E-state index in [1.54, 1.807) is 7.11 Å². The number of hydrogen-bond acceptors (Lipinski definition) is 2. The molecular weight excluding hydrogens is 262 g/mol. The van der Waals surface area contributed by atoms with Crippen molar-refractivity contribution < 1.29 is 9.53 Å². The van der Waals surface area contributed by atoms with Gasteiger partial charge in [0, 0.05) is 5.69 Å². The van der Waals surface area contributed by atoms with Crippen molar-refractivity contribution in [3.05, 3.63) is 58.7 Å². The van der Waals surface area contributed by atoms with Gasteiger partial charge in [-0.2, -0.15) is 0 Å². The fourth-order valence-electron chi connectivity index (χ4n) is 2.32. The van der Waals surface area contributed by atoms with E-state index in [2.05, 4.69) is 5.32 Å². The van der Waals surface area contributed by atoms with Crippen LogP contribution in [0.15, 0.2) is 36.4 Å². The normalized spacial score (nSPS) is 10.3. The molecule has 0 aliphatic rings. The molecule has 2 aromatic rings.